The highest BCUT2D eigenvalue weighted by Gasteiger charge is 2.08. The molecule has 0 radical (unpaired) electrons. The van der Waals surface area contributed by atoms with Crippen molar-refractivity contribution >= 4 is 16.3 Å². The van der Waals surface area contributed by atoms with Gasteiger partial charge in [0.1, 0.15) is 0 Å². The van der Waals surface area contributed by atoms with Crippen LogP contribution in [-0.4, -0.2) is 9.38 Å². The first-order valence-corrected chi connectivity index (χ1v) is 4.68. The number of fused-ring (bicyclic) bond motifs is 1. The molecule has 0 spiro atoms. The maximum Gasteiger partial charge on any atom is 0.194 e. The Morgan fingerprint density at radius 3 is 3.00 bits per heavy atom. The maximum atomic E-state index is 5.58. The van der Waals surface area contributed by atoms with Crippen molar-refractivity contribution in [3.8, 4) is 0 Å². The highest BCUT2D eigenvalue weighted by Crippen LogP contribution is 2.22. The van der Waals surface area contributed by atoms with Gasteiger partial charge in [-0.05, 0) is 13.8 Å². The van der Waals surface area contributed by atoms with Crippen LogP contribution in [0.15, 0.2) is 6.20 Å². The van der Waals surface area contributed by atoms with Crippen LogP contribution in [0.1, 0.15) is 16.3 Å². The lowest BCUT2D eigenvalue weighted by Crippen LogP contribution is -2.01. The van der Waals surface area contributed by atoms with E-state index in [1.165, 1.54) is 10.6 Å². The van der Waals surface area contributed by atoms with Gasteiger partial charge in [-0.3, -0.25) is 4.40 Å². The SMILES string of the molecule is Cc1sc2ncc(CN)n2c1C. The van der Waals surface area contributed by atoms with Gasteiger partial charge in [0.15, 0.2) is 4.96 Å². The summed E-state index contributed by atoms with van der Waals surface area (Å²) in [5, 5.41) is 0. The van der Waals surface area contributed by atoms with E-state index in [0.717, 1.165) is 10.7 Å². The van der Waals surface area contributed by atoms with Crippen molar-refractivity contribution in [2.75, 3.05) is 0 Å². The van der Waals surface area contributed by atoms with Gasteiger partial charge in [0, 0.05) is 17.1 Å². The van der Waals surface area contributed by atoms with Crippen LogP contribution in [0.5, 0.6) is 0 Å². The molecule has 0 saturated carbocycles. The van der Waals surface area contributed by atoms with E-state index in [0.29, 0.717) is 6.54 Å². The van der Waals surface area contributed by atoms with Crippen LogP contribution in [-0.2, 0) is 6.54 Å². The topological polar surface area (TPSA) is 43.3 Å². The van der Waals surface area contributed by atoms with Crippen molar-refractivity contribution in [1.82, 2.24) is 9.38 Å². The molecule has 0 amide bonds. The Morgan fingerprint density at radius 1 is 1.58 bits per heavy atom. The van der Waals surface area contributed by atoms with Crippen molar-refractivity contribution in [3.05, 3.63) is 22.5 Å². The Hall–Kier alpha value is -0.870. The third-order valence-corrected chi connectivity index (χ3v) is 3.17. The summed E-state index contributed by atoms with van der Waals surface area (Å²) in [5.74, 6) is 0. The minimum Gasteiger partial charge on any atom is -0.325 e. The fourth-order valence-electron chi connectivity index (χ4n) is 1.31. The molecule has 2 rings (SSSR count). The van der Waals surface area contributed by atoms with Gasteiger partial charge in [0.25, 0.3) is 0 Å². The molecule has 0 unspecified atom stereocenters. The minimum absolute atomic E-state index is 0.554. The van der Waals surface area contributed by atoms with Crippen LogP contribution < -0.4 is 5.73 Å². The average Bonchev–Trinajstić information content (AvgIpc) is 2.55. The summed E-state index contributed by atoms with van der Waals surface area (Å²) in [7, 11) is 0. The number of aromatic nitrogens is 2. The molecule has 64 valence electrons. The van der Waals surface area contributed by atoms with Gasteiger partial charge in [-0.15, -0.1) is 11.3 Å². The van der Waals surface area contributed by atoms with Gasteiger partial charge in [-0.2, -0.15) is 0 Å². The predicted octanol–water partition coefficient (Wildman–Crippen LogP) is 1.47. The van der Waals surface area contributed by atoms with Crippen molar-refractivity contribution < 1.29 is 0 Å². The van der Waals surface area contributed by atoms with Crippen molar-refractivity contribution in [1.29, 1.82) is 0 Å². The number of imidazole rings is 1. The van der Waals surface area contributed by atoms with Gasteiger partial charge in [-0.25, -0.2) is 4.98 Å². The van der Waals surface area contributed by atoms with Gasteiger partial charge in [0.05, 0.1) is 11.9 Å². The summed E-state index contributed by atoms with van der Waals surface area (Å²) in [6, 6.07) is 0. The summed E-state index contributed by atoms with van der Waals surface area (Å²) in [6.45, 7) is 4.76. The molecule has 4 heteroatoms. The maximum absolute atomic E-state index is 5.58. The van der Waals surface area contributed by atoms with Crippen LogP contribution in [0.2, 0.25) is 0 Å². The zero-order valence-electron chi connectivity index (χ0n) is 7.16. The Bertz CT molecular complexity index is 413. The van der Waals surface area contributed by atoms with Gasteiger partial charge in [0.2, 0.25) is 0 Å². The van der Waals surface area contributed by atoms with E-state index in [4.69, 9.17) is 5.73 Å². The Kier molecular flexibility index (Phi) is 1.66. The standard InChI is InChI=1S/C8H11N3S/c1-5-6(2)12-8-10-4-7(3-9)11(5)8/h4H,3,9H2,1-2H3. The third-order valence-electron chi connectivity index (χ3n) is 2.10. The lowest BCUT2D eigenvalue weighted by atomic mass is 10.4. The Morgan fingerprint density at radius 2 is 2.33 bits per heavy atom. The van der Waals surface area contributed by atoms with Gasteiger partial charge < -0.3 is 5.73 Å². The van der Waals surface area contributed by atoms with E-state index < -0.39 is 0 Å². The lowest BCUT2D eigenvalue weighted by Gasteiger charge is -1.96. The molecule has 0 atom stereocenters. The van der Waals surface area contributed by atoms with E-state index in [2.05, 4.69) is 23.2 Å². The summed E-state index contributed by atoms with van der Waals surface area (Å²) in [4.78, 5) is 6.63. The van der Waals surface area contributed by atoms with Crippen molar-refractivity contribution in [2.45, 2.75) is 20.4 Å². The number of aryl methyl sites for hydroxylation is 2. The van der Waals surface area contributed by atoms with Crippen LogP contribution in [0, 0.1) is 13.8 Å². The highest BCUT2D eigenvalue weighted by molar-refractivity contribution is 7.17. The summed E-state index contributed by atoms with van der Waals surface area (Å²) in [5.41, 5.74) is 7.93. The minimum atomic E-state index is 0.554. The fraction of sp³-hybridized carbons (Fsp3) is 0.375. The molecular formula is C8H11N3S. The fourth-order valence-corrected chi connectivity index (χ4v) is 2.27. The molecule has 0 aromatic carbocycles. The van der Waals surface area contributed by atoms with Crippen LogP contribution in [0.25, 0.3) is 4.96 Å². The normalized spacial score (nSPS) is 11.2. The first kappa shape index (κ1) is 7.76. The third kappa shape index (κ3) is 0.884. The molecule has 2 heterocycles. The van der Waals surface area contributed by atoms with Crippen molar-refractivity contribution in [3.63, 3.8) is 0 Å². The zero-order chi connectivity index (χ0) is 8.72. The van der Waals surface area contributed by atoms with Crippen LogP contribution in [0.4, 0.5) is 0 Å². The second-order valence-electron chi connectivity index (χ2n) is 2.82. The Balaban J connectivity index is 2.82. The molecule has 3 nitrogen and oxygen atoms in total. The van der Waals surface area contributed by atoms with E-state index in [1.54, 1.807) is 11.3 Å². The largest absolute Gasteiger partial charge is 0.325 e. The second-order valence-corrected chi connectivity index (χ2v) is 4.00. The van der Waals surface area contributed by atoms with E-state index >= 15 is 0 Å². The van der Waals surface area contributed by atoms with Crippen molar-refractivity contribution in [2.24, 2.45) is 5.73 Å². The number of hydrogen-bond donors (Lipinski definition) is 1. The second kappa shape index (κ2) is 2.57. The summed E-state index contributed by atoms with van der Waals surface area (Å²) in [6.07, 6.45) is 1.85. The first-order valence-electron chi connectivity index (χ1n) is 3.86. The molecule has 0 saturated heterocycles. The summed E-state index contributed by atoms with van der Waals surface area (Å²) >= 11 is 1.71. The molecular weight excluding hydrogens is 170 g/mol. The number of nitrogens with zero attached hydrogens (tertiary/aromatic N) is 2. The monoisotopic (exact) mass is 181 g/mol. The molecule has 0 bridgehead atoms. The zero-order valence-corrected chi connectivity index (χ0v) is 7.98. The average molecular weight is 181 g/mol. The number of hydrogen-bond acceptors (Lipinski definition) is 3. The molecule has 0 aliphatic heterocycles. The van der Waals surface area contributed by atoms with Gasteiger partial charge >= 0.3 is 0 Å². The predicted molar refractivity (Wildman–Crippen MR) is 50.4 cm³/mol. The molecule has 0 fully saturated rings. The smallest absolute Gasteiger partial charge is 0.194 e. The number of rotatable bonds is 1. The number of nitrogens with two attached hydrogens (primary N) is 1. The molecule has 12 heavy (non-hydrogen) atoms. The van der Waals surface area contributed by atoms with E-state index in [9.17, 15) is 0 Å². The quantitative estimate of drug-likeness (QED) is 0.724. The first-order chi connectivity index (χ1) is 5.74. The summed E-state index contributed by atoms with van der Waals surface area (Å²) < 4.78 is 2.12. The molecule has 0 aliphatic carbocycles. The Labute approximate surface area is 74.8 Å². The molecule has 2 aromatic rings. The van der Waals surface area contributed by atoms with Gasteiger partial charge in [-0.1, -0.05) is 0 Å². The lowest BCUT2D eigenvalue weighted by molar-refractivity contribution is 0.939. The highest BCUT2D eigenvalue weighted by atomic mass is 32.1. The number of thiazole rings is 1. The van der Waals surface area contributed by atoms with Crippen LogP contribution in [0.3, 0.4) is 0 Å². The van der Waals surface area contributed by atoms with E-state index in [1.807, 2.05) is 6.20 Å². The molecule has 2 N–H and O–H groups in total. The molecule has 2 aromatic heterocycles. The van der Waals surface area contributed by atoms with E-state index in [-0.39, 0.29) is 0 Å². The van der Waals surface area contributed by atoms with Crippen LogP contribution >= 0.6 is 11.3 Å². The molecule has 0 aliphatic rings.